The SMILES string of the molecule is COc1cccc(C2C(C(=O)Nc3cccnc3)=C(C)Nc3nc(-c4ccncc4)nn32)c1. The average Bonchev–Trinajstić information content (AvgIpc) is 3.28. The van der Waals surface area contributed by atoms with E-state index in [1.54, 1.807) is 48.7 Å². The molecule has 0 radical (unpaired) electrons. The minimum absolute atomic E-state index is 0.257. The monoisotopic (exact) mass is 439 g/mol. The molecular weight excluding hydrogens is 418 g/mol. The van der Waals surface area contributed by atoms with Crippen LogP contribution in [-0.4, -0.2) is 37.7 Å². The topological polar surface area (TPSA) is 107 Å². The molecule has 0 bridgehead atoms. The molecule has 1 aliphatic heterocycles. The summed E-state index contributed by atoms with van der Waals surface area (Å²) in [6.07, 6.45) is 6.65. The number of carbonyl (C=O) groups is 1. The summed E-state index contributed by atoms with van der Waals surface area (Å²) in [5.74, 6) is 1.51. The fourth-order valence-electron chi connectivity index (χ4n) is 3.82. The fourth-order valence-corrected chi connectivity index (χ4v) is 3.82. The van der Waals surface area contributed by atoms with Crippen molar-refractivity contribution in [2.24, 2.45) is 0 Å². The number of methoxy groups -OCH3 is 1. The van der Waals surface area contributed by atoms with Crippen LogP contribution in [0.3, 0.4) is 0 Å². The minimum atomic E-state index is -0.517. The highest BCUT2D eigenvalue weighted by atomic mass is 16.5. The second kappa shape index (κ2) is 8.54. The van der Waals surface area contributed by atoms with Crippen LogP contribution in [0.2, 0.25) is 0 Å². The van der Waals surface area contributed by atoms with Crippen LogP contribution >= 0.6 is 0 Å². The van der Waals surface area contributed by atoms with E-state index in [0.29, 0.717) is 34.5 Å². The number of rotatable bonds is 5. The molecule has 1 aliphatic rings. The molecule has 0 saturated heterocycles. The number of ether oxygens (including phenoxy) is 1. The standard InChI is InChI=1S/C24H21N7O2/c1-15-20(23(32)28-18-6-4-10-26-14-18)21(17-5-3-7-19(13-17)33-2)31-24(27-15)29-22(30-31)16-8-11-25-12-9-16/h3-14,21H,1-2H3,(H,28,32)(H,27,29,30). The highest BCUT2D eigenvalue weighted by Gasteiger charge is 2.34. The van der Waals surface area contributed by atoms with Crippen molar-refractivity contribution in [2.75, 3.05) is 17.7 Å². The Hall–Kier alpha value is -4.53. The van der Waals surface area contributed by atoms with E-state index in [9.17, 15) is 4.79 Å². The van der Waals surface area contributed by atoms with E-state index in [-0.39, 0.29) is 5.91 Å². The molecule has 0 fully saturated rings. The van der Waals surface area contributed by atoms with Crippen molar-refractivity contribution in [2.45, 2.75) is 13.0 Å². The third-order valence-corrected chi connectivity index (χ3v) is 5.36. The molecule has 164 valence electrons. The molecule has 9 nitrogen and oxygen atoms in total. The maximum absolute atomic E-state index is 13.5. The van der Waals surface area contributed by atoms with Crippen molar-refractivity contribution in [3.63, 3.8) is 0 Å². The van der Waals surface area contributed by atoms with Crippen LogP contribution in [0.25, 0.3) is 11.4 Å². The van der Waals surface area contributed by atoms with E-state index in [4.69, 9.17) is 9.84 Å². The van der Waals surface area contributed by atoms with Gasteiger partial charge in [-0.2, -0.15) is 4.98 Å². The second-order valence-corrected chi connectivity index (χ2v) is 7.48. The zero-order valence-corrected chi connectivity index (χ0v) is 18.1. The van der Waals surface area contributed by atoms with Gasteiger partial charge in [-0.1, -0.05) is 12.1 Å². The van der Waals surface area contributed by atoms with Gasteiger partial charge in [-0.05, 0) is 48.9 Å². The number of nitrogens with one attached hydrogen (secondary N) is 2. The number of anilines is 2. The number of hydrogen-bond acceptors (Lipinski definition) is 7. The lowest BCUT2D eigenvalue weighted by Gasteiger charge is -2.28. The molecule has 0 saturated carbocycles. The molecule has 1 aromatic carbocycles. The maximum atomic E-state index is 13.5. The smallest absolute Gasteiger partial charge is 0.255 e. The van der Waals surface area contributed by atoms with E-state index >= 15 is 0 Å². The van der Waals surface area contributed by atoms with Gasteiger partial charge in [0, 0.05) is 29.9 Å². The van der Waals surface area contributed by atoms with Gasteiger partial charge in [0.05, 0.1) is 24.6 Å². The molecule has 9 heteroatoms. The van der Waals surface area contributed by atoms with Gasteiger partial charge in [0.15, 0.2) is 5.82 Å². The molecule has 3 aromatic heterocycles. The lowest BCUT2D eigenvalue weighted by molar-refractivity contribution is -0.113. The number of fused-ring (bicyclic) bond motifs is 1. The Morgan fingerprint density at radius 2 is 1.94 bits per heavy atom. The van der Waals surface area contributed by atoms with Gasteiger partial charge in [-0.3, -0.25) is 14.8 Å². The molecule has 1 unspecified atom stereocenters. The van der Waals surface area contributed by atoms with Crippen molar-refractivity contribution in [3.05, 3.63) is 90.2 Å². The van der Waals surface area contributed by atoms with Gasteiger partial charge in [0.2, 0.25) is 5.95 Å². The second-order valence-electron chi connectivity index (χ2n) is 7.48. The van der Waals surface area contributed by atoms with E-state index in [1.165, 1.54) is 0 Å². The minimum Gasteiger partial charge on any atom is -0.497 e. The van der Waals surface area contributed by atoms with Crippen molar-refractivity contribution < 1.29 is 9.53 Å². The molecule has 4 heterocycles. The van der Waals surface area contributed by atoms with Gasteiger partial charge in [-0.25, -0.2) is 4.68 Å². The molecule has 33 heavy (non-hydrogen) atoms. The molecule has 4 aromatic rings. The number of carbonyl (C=O) groups excluding carboxylic acids is 1. The predicted molar refractivity (Wildman–Crippen MR) is 124 cm³/mol. The zero-order chi connectivity index (χ0) is 22.8. The number of aromatic nitrogens is 5. The van der Waals surface area contributed by atoms with E-state index < -0.39 is 6.04 Å². The van der Waals surface area contributed by atoms with Gasteiger partial charge >= 0.3 is 0 Å². The third-order valence-electron chi connectivity index (χ3n) is 5.36. The fraction of sp³-hybridized carbons (Fsp3) is 0.125. The predicted octanol–water partition coefficient (Wildman–Crippen LogP) is 3.67. The van der Waals surface area contributed by atoms with Crippen LogP contribution in [-0.2, 0) is 4.79 Å². The molecule has 0 aliphatic carbocycles. The number of allylic oxidation sites excluding steroid dienone is 1. The third kappa shape index (κ3) is 3.91. The first-order valence-electron chi connectivity index (χ1n) is 10.3. The first kappa shape index (κ1) is 20.4. The summed E-state index contributed by atoms with van der Waals surface area (Å²) in [6, 6.07) is 14.3. The molecule has 1 atom stereocenters. The highest BCUT2D eigenvalue weighted by molar-refractivity contribution is 6.06. The highest BCUT2D eigenvalue weighted by Crippen LogP contribution is 2.37. The summed E-state index contributed by atoms with van der Waals surface area (Å²) >= 11 is 0. The lowest BCUT2D eigenvalue weighted by atomic mass is 9.95. The summed E-state index contributed by atoms with van der Waals surface area (Å²) in [5, 5.41) is 10.9. The van der Waals surface area contributed by atoms with Gasteiger partial charge in [-0.15, -0.1) is 5.10 Å². The van der Waals surface area contributed by atoms with Gasteiger partial charge in [0.25, 0.3) is 5.91 Å². The van der Waals surface area contributed by atoms with Crippen LogP contribution in [0.15, 0.2) is 84.6 Å². The number of hydrogen-bond donors (Lipinski definition) is 2. The lowest BCUT2D eigenvalue weighted by Crippen LogP contribution is -2.31. The summed E-state index contributed by atoms with van der Waals surface area (Å²) in [4.78, 5) is 26.3. The number of nitrogens with zero attached hydrogens (tertiary/aromatic N) is 5. The summed E-state index contributed by atoms with van der Waals surface area (Å²) in [7, 11) is 1.61. The van der Waals surface area contributed by atoms with Crippen LogP contribution in [0.1, 0.15) is 18.5 Å². The van der Waals surface area contributed by atoms with Crippen LogP contribution < -0.4 is 15.4 Å². The first-order chi connectivity index (χ1) is 16.1. The molecular formula is C24H21N7O2. The molecule has 1 amide bonds. The summed E-state index contributed by atoms with van der Waals surface area (Å²) in [6.45, 7) is 1.86. The Labute approximate surface area is 190 Å². The van der Waals surface area contributed by atoms with Gasteiger partial charge in [0.1, 0.15) is 11.8 Å². The number of pyridine rings is 2. The zero-order valence-electron chi connectivity index (χ0n) is 18.1. The Kier molecular flexibility index (Phi) is 5.27. The molecule has 5 rings (SSSR count). The first-order valence-corrected chi connectivity index (χ1v) is 10.3. The van der Waals surface area contributed by atoms with Crippen molar-refractivity contribution in [1.82, 2.24) is 24.7 Å². The Bertz CT molecular complexity index is 1330. The van der Waals surface area contributed by atoms with E-state index in [0.717, 1.165) is 11.1 Å². The Balaban J connectivity index is 1.62. The van der Waals surface area contributed by atoms with Crippen LogP contribution in [0.4, 0.5) is 11.6 Å². The quantitative estimate of drug-likeness (QED) is 0.489. The van der Waals surface area contributed by atoms with Crippen molar-refractivity contribution in [3.8, 4) is 17.1 Å². The summed E-state index contributed by atoms with van der Waals surface area (Å²) < 4.78 is 7.17. The number of amides is 1. The number of benzene rings is 1. The maximum Gasteiger partial charge on any atom is 0.255 e. The van der Waals surface area contributed by atoms with Crippen molar-refractivity contribution >= 4 is 17.5 Å². The average molecular weight is 439 g/mol. The van der Waals surface area contributed by atoms with E-state index in [2.05, 4.69) is 25.6 Å². The Morgan fingerprint density at radius 1 is 1.09 bits per heavy atom. The normalized spacial score (nSPS) is 14.9. The molecule has 2 N–H and O–H groups in total. The summed E-state index contributed by atoms with van der Waals surface area (Å²) in [5.41, 5.74) is 3.49. The van der Waals surface area contributed by atoms with Crippen LogP contribution in [0, 0.1) is 0 Å². The van der Waals surface area contributed by atoms with E-state index in [1.807, 2.05) is 43.3 Å². The molecule has 0 spiro atoms. The van der Waals surface area contributed by atoms with Crippen molar-refractivity contribution in [1.29, 1.82) is 0 Å². The largest absolute Gasteiger partial charge is 0.497 e. The van der Waals surface area contributed by atoms with Gasteiger partial charge < -0.3 is 15.4 Å². The van der Waals surface area contributed by atoms with Crippen LogP contribution in [0.5, 0.6) is 5.75 Å². The Morgan fingerprint density at radius 3 is 2.70 bits per heavy atom.